The van der Waals surface area contributed by atoms with Crippen molar-refractivity contribution in [2.24, 2.45) is 0 Å². The van der Waals surface area contributed by atoms with Crippen LogP contribution in [-0.4, -0.2) is 10.5 Å². The third kappa shape index (κ3) is 2.88. The van der Waals surface area contributed by atoms with Gasteiger partial charge in [0.05, 0.1) is 11.6 Å². The number of amides is 1. The number of halogens is 2. The molecule has 0 aliphatic heterocycles. The molecule has 1 aromatic heterocycles. The van der Waals surface area contributed by atoms with Crippen LogP contribution in [0.15, 0.2) is 66.9 Å². The van der Waals surface area contributed by atoms with Gasteiger partial charge in [0.15, 0.2) is 0 Å². The molecule has 0 fully saturated rings. The number of rotatable bonds is 3. The van der Waals surface area contributed by atoms with Crippen molar-refractivity contribution in [3.63, 3.8) is 0 Å². The minimum atomic E-state index is -0.694. The van der Waals surface area contributed by atoms with E-state index in [1.54, 1.807) is 24.4 Å². The number of fused-ring (bicyclic) bond motifs is 1. The molecule has 3 aromatic rings. The van der Waals surface area contributed by atoms with Gasteiger partial charge in [0, 0.05) is 17.3 Å². The van der Waals surface area contributed by atoms with E-state index in [1.165, 1.54) is 28.8 Å². The van der Waals surface area contributed by atoms with E-state index in [9.17, 15) is 13.6 Å². The highest BCUT2D eigenvalue weighted by molar-refractivity contribution is 6.02. The standard InChI is InChI=1S/C17H12F2N2O/c18-13-5-7-14(8-6-13)20-17(22)11-16(19)21-10-9-12-3-1-2-4-15(12)21/h1-11H,(H,20,22). The van der Waals surface area contributed by atoms with Crippen molar-refractivity contribution in [1.82, 2.24) is 4.57 Å². The van der Waals surface area contributed by atoms with Crippen molar-refractivity contribution in [3.05, 3.63) is 72.7 Å². The molecule has 0 atom stereocenters. The Hall–Kier alpha value is -2.95. The lowest BCUT2D eigenvalue weighted by atomic mass is 10.2. The minimum Gasteiger partial charge on any atom is -0.322 e. The first-order valence-electron chi connectivity index (χ1n) is 6.64. The molecule has 3 nitrogen and oxygen atoms in total. The summed E-state index contributed by atoms with van der Waals surface area (Å²) < 4.78 is 28.3. The van der Waals surface area contributed by atoms with Crippen LogP contribution < -0.4 is 5.32 Å². The van der Waals surface area contributed by atoms with Crippen molar-refractivity contribution < 1.29 is 13.6 Å². The molecule has 1 heterocycles. The van der Waals surface area contributed by atoms with Gasteiger partial charge in [0.2, 0.25) is 5.95 Å². The van der Waals surface area contributed by atoms with Crippen LogP contribution in [0.4, 0.5) is 14.5 Å². The summed E-state index contributed by atoms with van der Waals surface area (Å²) in [5.41, 5.74) is 1.07. The van der Waals surface area contributed by atoms with Crippen LogP contribution in [0.1, 0.15) is 0 Å². The highest BCUT2D eigenvalue weighted by atomic mass is 19.1. The molecule has 3 rings (SSSR count). The van der Waals surface area contributed by atoms with Crippen molar-refractivity contribution in [1.29, 1.82) is 0 Å². The van der Waals surface area contributed by atoms with E-state index < -0.39 is 17.7 Å². The topological polar surface area (TPSA) is 34.0 Å². The molecule has 0 saturated heterocycles. The quantitative estimate of drug-likeness (QED) is 0.723. The first-order valence-corrected chi connectivity index (χ1v) is 6.64. The molecule has 2 aromatic carbocycles. The van der Waals surface area contributed by atoms with Gasteiger partial charge in [-0.05, 0) is 36.4 Å². The Labute approximate surface area is 125 Å². The van der Waals surface area contributed by atoms with Gasteiger partial charge in [-0.3, -0.25) is 9.36 Å². The molecule has 5 heteroatoms. The molecule has 0 unspecified atom stereocenters. The fraction of sp³-hybridized carbons (Fsp3) is 0. The van der Waals surface area contributed by atoms with E-state index >= 15 is 0 Å². The van der Waals surface area contributed by atoms with Crippen LogP contribution in [0, 0.1) is 5.82 Å². The third-order valence-electron chi connectivity index (χ3n) is 3.19. The highest BCUT2D eigenvalue weighted by Gasteiger charge is 2.07. The van der Waals surface area contributed by atoms with Crippen molar-refractivity contribution >= 4 is 28.4 Å². The Morgan fingerprint density at radius 2 is 1.77 bits per heavy atom. The first-order chi connectivity index (χ1) is 10.6. The number of benzene rings is 2. The fourth-order valence-electron chi connectivity index (χ4n) is 2.16. The number of anilines is 1. The molecule has 0 radical (unpaired) electrons. The maximum Gasteiger partial charge on any atom is 0.252 e. The van der Waals surface area contributed by atoms with Gasteiger partial charge in [0.1, 0.15) is 5.82 Å². The molecule has 1 N–H and O–H groups in total. The normalized spacial score (nSPS) is 11.6. The van der Waals surface area contributed by atoms with Gasteiger partial charge in [-0.25, -0.2) is 4.39 Å². The molecule has 0 aliphatic carbocycles. The molecule has 1 amide bonds. The lowest BCUT2D eigenvalue weighted by Gasteiger charge is -2.04. The van der Waals surface area contributed by atoms with Gasteiger partial charge in [-0.1, -0.05) is 18.2 Å². The van der Waals surface area contributed by atoms with Crippen LogP contribution in [0.25, 0.3) is 16.9 Å². The molecule has 0 bridgehead atoms. The molecule has 0 spiro atoms. The van der Waals surface area contributed by atoms with Gasteiger partial charge in [-0.2, -0.15) is 4.39 Å². The van der Waals surface area contributed by atoms with E-state index in [0.29, 0.717) is 11.2 Å². The lowest BCUT2D eigenvalue weighted by Crippen LogP contribution is -2.09. The Morgan fingerprint density at radius 3 is 2.55 bits per heavy atom. The summed E-state index contributed by atoms with van der Waals surface area (Å²) in [6.07, 6.45) is 2.41. The summed E-state index contributed by atoms with van der Waals surface area (Å²) in [7, 11) is 0. The van der Waals surface area contributed by atoms with Crippen LogP contribution >= 0.6 is 0 Å². The molecule has 22 heavy (non-hydrogen) atoms. The van der Waals surface area contributed by atoms with Gasteiger partial charge in [0.25, 0.3) is 5.91 Å². The number of para-hydroxylation sites is 1. The number of carbonyl (C=O) groups excluding carboxylic acids is 1. The van der Waals surface area contributed by atoms with Crippen LogP contribution in [0.3, 0.4) is 0 Å². The van der Waals surface area contributed by atoms with Crippen molar-refractivity contribution in [2.45, 2.75) is 0 Å². The highest BCUT2D eigenvalue weighted by Crippen LogP contribution is 2.20. The van der Waals surface area contributed by atoms with Crippen LogP contribution in [0.5, 0.6) is 0 Å². The summed E-state index contributed by atoms with van der Waals surface area (Å²) in [6.45, 7) is 0. The third-order valence-corrected chi connectivity index (χ3v) is 3.19. The SMILES string of the molecule is O=C(C=C(F)n1ccc2ccccc21)Nc1ccc(F)cc1. The average molecular weight is 298 g/mol. The van der Waals surface area contributed by atoms with Crippen molar-refractivity contribution in [3.8, 4) is 0 Å². The number of hydrogen-bond donors (Lipinski definition) is 1. The molecule has 0 aliphatic rings. The zero-order valence-corrected chi connectivity index (χ0v) is 11.5. The predicted molar refractivity (Wildman–Crippen MR) is 82.3 cm³/mol. The fourth-order valence-corrected chi connectivity index (χ4v) is 2.16. The van der Waals surface area contributed by atoms with Gasteiger partial charge in [-0.15, -0.1) is 0 Å². The average Bonchev–Trinajstić information content (AvgIpc) is 2.93. The molecule has 0 saturated carbocycles. The van der Waals surface area contributed by atoms with E-state index in [2.05, 4.69) is 5.32 Å². The zero-order valence-electron chi connectivity index (χ0n) is 11.5. The number of nitrogens with zero attached hydrogens (tertiary/aromatic N) is 1. The zero-order chi connectivity index (χ0) is 15.5. The van der Waals surface area contributed by atoms with Gasteiger partial charge >= 0.3 is 0 Å². The van der Waals surface area contributed by atoms with Gasteiger partial charge < -0.3 is 5.32 Å². The van der Waals surface area contributed by atoms with E-state index in [4.69, 9.17) is 0 Å². The second-order valence-electron chi connectivity index (χ2n) is 4.71. The van der Waals surface area contributed by atoms with E-state index in [0.717, 1.165) is 11.5 Å². The Morgan fingerprint density at radius 1 is 1.05 bits per heavy atom. The number of carbonyl (C=O) groups is 1. The van der Waals surface area contributed by atoms with Crippen molar-refractivity contribution in [2.75, 3.05) is 5.32 Å². The predicted octanol–water partition coefficient (Wildman–Crippen LogP) is 4.19. The number of aromatic nitrogens is 1. The summed E-state index contributed by atoms with van der Waals surface area (Å²) in [5, 5.41) is 3.35. The second kappa shape index (κ2) is 5.81. The summed E-state index contributed by atoms with van der Waals surface area (Å²) in [5.74, 6) is -1.72. The minimum absolute atomic E-state index is 0.396. The maximum atomic E-state index is 14.2. The summed E-state index contributed by atoms with van der Waals surface area (Å²) in [6, 6.07) is 14.3. The van der Waals surface area contributed by atoms with Crippen LogP contribution in [0.2, 0.25) is 0 Å². The summed E-state index contributed by atoms with van der Waals surface area (Å²) >= 11 is 0. The smallest absolute Gasteiger partial charge is 0.252 e. The largest absolute Gasteiger partial charge is 0.322 e. The monoisotopic (exact) mass is 298 g/mol. The number of hydrogen-bond acceptors (Lipinski definition) is 1. The Kier molecular flexibility index (Phi) is 3.70. The molecule has 110 valence electrons. The Balaban J connectivity index is 1.81. The lowest BCUT2D eigenvalue weighted by molar-refractivity contribution is -0.111. The maximum absolute atomic E-state index is 14.2. The van der Waals surface area contributed by atoms with E-state index in [-0.39, 0.29) is 0 Å². The van der Waals surface area contributed by atoms with Crippen LogP contribution in [-0.2, 0) is 4.79 Å². The Bertz CT molecular complexity index is 850. The molecular weight excluding hydrogens is 286 g/mol. The number of nitrogens with one attached hydrogen (secondary N) is 1. The first kappa shape index (κ1) is 14.0. The van der Waals surface area contributed by atoms with E-state index in [1.807, 2.05) is 12.1 Å². The second-order valence-corrected chi connectivity index (χ2v) is 4.71. The molecular formula is C17H12F2N2O. The summed E-state index contributed by atoms with van der Waals surface area (Å²) in [4.78, 5) is 11.8.